The van der Waals surface area contributed by atoms with Crippen LogP contribution in [0.4, 0.5) is 0 Å². The quantitative estimate of drug-likeness (QED) is 0.824. The molecule has 0 aliphatic heterocycles. The van der Waals surface area contributed by atoms with Crippen molar-refractivity contribution in [1.82, 2.24) is 9.71 Å². The first kappa shape index (κ1) is 15.5. The molecule has 0 bridgehead atoms. The second kappa shape index (κ2) is 6.25. The number of sulfonamides is 1. The molecule has 2 aromatic rings. The van der Waals surface area contributed by atoms with Crippen LogP contribution in [0, 0.1) is 6.92 Å². The van der Waals surface area contributed by atoms with Crippen LogP contribution in [0.3, 0.4) is 0 Å². The van der Waals surface area contributed by atoms with Crippen molar-refractivity contribution in [1.29, 1.82) is 0 Å². The minimum atomic E-state index is -3.81. The maximum absolute atomic E-state index is 12.3. The molecular weight excluding hydrogens is 296 g/mol. The number of rotatable bonds is 6. The number of benzene rings is 1. The number of nitrogens with zero attached hydrogens (tertiary/aromatic N) is 1. The van der Waals surface area contributed by atoms with Gasteiger partial charge in [-0.25, -0.2) is 18.1 Å². The molecule has 114 valence electrons. The van der Waals surface area contributed by atoms with Crippen LogP contribution in [-0.2, 0) is 23.2 Å². The molecule has 2 N–H and O–H groups in total. The summed E-state index contributed by atoms with van der Waals surface area (Å²) in [6, 6.07) is 4.45. The Labute approximate surface area is 122 Å². The molecule has 0 radical (unpaired) electrons. The molecule has 21 heavy (non-hydrogen) atoms. The van der Waals surface area contributed by atoms with E-state index in [1.54, 1.807) is 13.0 Å². The van der Waals surface area contributed by atoms with Crippen LogP contribution in [0.15, 0.2) is 33.7 Å². The fourth-order valence-corrected chi connectivity index (χ4v) is 2.94. The van der Waals surface area contributed by atoms with Gasteiger partial charge in [-0.05, 0) is 24.6 Å². The summed E-state index contributed by atoms with van der Waals surface area (Å²) in [5, 5.41) is 9.12. The smallest absolute Gasteiger partial charge is 0.244 e. The summed E-state index contributed by atoms with van der Waals surface area (Å²) < 4.78 is 37.3. The van der Waals surface area contributed by atoms with Crippen LogP contribution >= 0.6 is 0 Å². The van der Waals surface area contributed by atoms with Gasteiger partial charge >= 0.3 is 0 Å². The molecule has 0 amide bonds. The third kappa shape index (κ3) is 3.60. The van der Waals surface area contributed by atoms with Gasteiger partial charge in [-0.2, -0.15) is 0 Å². The number of aliphatic hydroxyl groups is 1. The van der Waals surface area contributed by atoms with Gasteiger partial charge in [0.25, 0.3) is 0 Å². The normalized spacial score (nSPS) is 11.6. The highest BCUT2D eigenvalue weighted by Crippen LogP contribution is 2.25. The Morgan fingerprint density at radius 2 is 2.19 bits per heavy atom. The van der Waals surface area contributed by atoms with Gasteiger partial charge in [0.15, 0.2) is 0 Å². The number of aliphatic hydroxyl groups excluding tert-OH is 1. The molecule has 0 aliphatic carbocycles. The molecule has 0 aliphatic rings. The first-order valence-corrected chi connectivity index (χ1v) is 7.63. The van der Waals surface area contributed by atoms with Crippen LogP contribution in [-0.4, -0.2) is 25.6 Å². The van der Waals surface area contributed by atoms with Gasteiger partial charge < -0.3 is 14.3 Å². The zero-order valence-corrected chi connectivity index (χ0v) is 12.5. The van der Waals surface area contributed by atoms with Crippen molar-refractivity contribution < 1.29 is 22.7 Å². The topological polar surface area (TPSA) is 102 Å². The summed E-state index contributed by atoms with van der Waals surface area (Å²) in [5.74, 6) is 1.07. The highest BCUT2D eigenvalue weighted by Gasteiger charge is 2.20. The van der Waals surface area contributed by atoms with Crippen LogP contribution in [0.1, 0.15) is 17.2 Å². The number of hydrogen-bond acceptors (Lipinski definition) is 6. The third-order valence-electron chi connectivity index (χ3n) is 2.78. The third-order valence-corrected chi connectivity index (χ3v) is 4.21. The van der Waals surface area contributed by atoms with Crippen LogP contribution in [0.25, 0.3) is 0 Å². The number of methoxy groups -OCH3 is 1. The van der Waals surface area contributed by atoms with Crippen molar-refractivity contribution in [3.05, 3.63) is 41.6 Å². The van der Waals surface area contributed by atoms with Crippen LogP contribution in [0.2, 0.25) is 0 Å². The van der Waals surface area contributed by atoms with Crippen molar-refractivity contribution in [3.63, 3.8) is 0 Å². The van der Waals surface area contributed by atoms with E-state index in [1.807, 2.05) is 0 Å². The lowest BCUT2D eigenvalue weighted by Crippen LogP contribution is -2.24. The lowest BCUT2D eigenvalue weighted by molar-refractivity contribution is 0.281. The van der Waals surface area contributed by atoms with E-state index in [4.69, 9.17) is 14.3 Å². The standard InChI is InChI=1S/C13H16N2O5S/c1-9-6-14-13(20-9)7-15-21(17,18)12-5-10(8-16)3-4-11(12)19-2/h3-6,15-16H,7-8H2,1-2H3. The number of hydrogen-bond donors (Lipinski definition) is 2. The molecule has 1 aromatic heterocycles. The predicted octanol–water partition coefficient (Wildman–Crippen LogP) is 0.962. The summed E-state index contributed by atoms with van der Waals surface area (Å²) in [7, 11) is -2.43. The highest BCUT2D eigenvalue weighted by molar-refractivity contribution is 7.89. The average molecular weight is 312 g/mol. The van der Waals surface area contributed by atoms with Crippen molar-refractivity contribution in [2.45, 2.75) is 25.0 Å². The monoisotopic (exact) mass is 312 g/mol. The summed E-state index contributed by atoms with van der Waals surface area (Å²) in [5.41, 5.74) is 0.475. The Hall–Kier alpha value is -1.90. The van der Waals surface area contributed by atoms with Gasteiger partial charge in [0.05, 0.1) is 26.5 Å². The Bertz CT molecular complexity index is 724. The van der Waals surface area contributed by atoms with Crippen LogP contribution < -0.4 is 9.46 Å². The van der Waals surface area contributed by atoms with Crippen molar-refractivity contribution >= 4 is 10.0 Å². The molecule has 7 nitrogen and oxygen atoms in total. The summed E-state index contributed by atoms with van der Waals surface area (Å²) >= 11 is 0. The van der Waals surface area contributed by atoms with Gasteiger partial charge in [0, 0.05) is 0 Å². The molecule has 2 rings (SSSR count). The maximum Gasteiger partial charge on any atom is 0.244 e. The van der Waals surface area contributed by atoms with Gasteiger partial charge in [-0.15, -0.1) is 0 Å². The highest BCUT2D eigenvalue weighted by atomic mass is 32.2. The number of aryl methyl sites for hydroxylation is 1. The van der Waals surface area contributed by atoms with Gasteiger partial charge in [-0.1, -0.05) is 6.07 Å². The number of oxazole rings is 1. The van der Waals surface area contributed by atoms with E-state index in [0.717, 1.165) is 0 Å². The minimum absolute atomic E-state index is 0.0418. The Kier molecular flexibility index (Phi) is 4.61. The molecule has 1 heterocycles. The van der Waals surface area contributed by atoms with Crippen molar-refractivity contribution in [2.75, 3.05) is 7.11 Å². The molecule has 8 heteroatoms. The second-order valence-electron chi connectivity index (χ2n) is 4.33. The molecular formula is C13H16N2O5S. The largest absolute Gasteiger partial charge is 0.495 e. The predicted molar refractivity (Wildman–Crippen MR) is 74.2 cm³/mol. The number of aromatic nitrogens is 1. The van der Waals surface area contributed by atoms with Gasteiger partial charge in [0.1, 0.15) is 16.4 Å². The summed E-state index contributed by atoms with van der Waals surface area (Å²) in [6.45, 7) is 1.40. The minimum Gasteiger partial charge on any atom is -0.495 e. The summed E-state index contributed by atoms with van der Waals surface area (Å²) in [4.78, 5) is 3.88. The Morgan fingerprint density at radius 1 is 1.43 bits per heavy atom. The zero-order chi connectivity index (χ0) is 15.5. The van der Waals surface area contributed by atoms with E-state index >= 15 is 0 Å². The van der Waals surface area contributed by atoms with Crippen molar-refractivity contribution in [2.24, 2.45) is 0 Å². The molecule has 0 unspecified atom stereocenters. The van der Waals surface area contributed by atoms with E-state index in [1.165, 1.54) is 25.4 Å². The van der Waals surface area contributed by atoms with Crippen molar-refractivity contribution in [3.8, 4) is 5.75 Å². The fourth-order valence-electron chi connectivity index (χ4n) is 1.75. The zero-order valence-electron chi connectivity index (χ0n) is 11.7. The van der Waals surface area contributed by atoms with Gasteiger partial charge in [0.2, 0.25) is 15.9 Å². The molecule has 0 saturated carbocycles. The first-order chi connectivity index (χ1) is 9.96. The number of nitrogens with one attached hydrogen (secondary N) is 1. The van der Waals surface area contributed by atoms with E-state index in [-0.39, 0.29) is 29.7 Å². The molecule has 0 fully saturated rings. The molecule has 0 atom stereocenters. The Balaban J connectivity index is 2.26. The SMILES string of the molecule is COc1ccc(CO)cc1S(=O)(=O)NCc1ncc(C)o1. The number of ether oxygens (including phenoxy) is 1. The first-order valence-electron chi connectivity index (χ1n) is 6.15. The molecule has 0 spiro atoms. The summed E-state index contributed by atoms with van der Waals surface area (Å²) in [6.07, 6.45) is 1.51. The lowest BCUT2D eigenvalue weighted by Gasteiger charge is -2.11. The lowest BCUT2D eigenvalue weighted by atomic mass is 10.2. The van der Waals surface area contributed by atoms with E-state index in [9.17, 15) is 8.42 Å². The maximum atomic E-state index is 12.3. The molecule has 0 saturated heterocycles. The van der Waals surface area contributed by atoms with E-state index in [0.29, 0.717) is 11.3 Å². The Morgan fingerprint density at radius 3 is 2.76 bits per heavy atom. The fraction of sp³-hybridized carbons (Fsp3) is 0.308. The van der Waals surface area contributed by atoms with E-state index in [2.05, 4.69) is 9.71 Å². The average Bonchev–Trinajstić information content (AvgIpc) is 2.90. The molecule has 1 aromatic carbocycles. The van der Waals surface area contributed by atoms with Gasteiger partial charge in [-0.3, -0.25) is 0 Å². The van der Waals surface area contributed by atoms with Crippen LogP contribution in [0.5, 0.6) is 5.75 Å². The second-order valence-corrected chi connectivity index (χ2v) is 6.07. The van der Waals surface area contributed by atoms with E-state index < -0.39 is 10.0 Å².